The number of allylic oxidation sites excluding steroid dienone is 12. The number of unbranched alkanes of at least 4 members (excludes halogenated alkanes) is 25. The van der Waals surface area contributed by atoms with E-state index in [1.165, 1.54) is 148 Å². The average molecular weight is 865 g/mol. The van der Waals surface area contributed by atoms with Gasteiger partial charge in [0.25, 0.3) is 0 Å². The lowest BCUT2D eigenvalue weighted by Gasteiger charge is -2.18. The first kappa shape index (κ1) is 59.3. The maximum atomic E-state index is 12.8. The summed E-state index contributed by atoms with van der Waals surface area (Å²) in [5, 5.41) is 0. The molecule has 0 fully saturated rings. The maximum absolute atomic E-state index is 12.8. The van der Waals surface area contributed by atoms with Gasteiger partial charge in [0.2, 0.25) is 0 Å². The highest BCUT2D eigenvalue weighted by atomic mass is 16.6. The van der Waals surface area contributed by atoms with Crippen LogP contribution in [0.4, 0.5) is 0 Å². The Morgan fingerprint density at radius 2 is 0.726 bits per heavy atom. The van der Waals surface area contributed by atoms with Gasteiger partial charge in [0.1, 0.15) is 6.61 Å². The van der Waals surface area contributed by atoms with Gasteiger partial charge in [-0.15, -0.1) is 0 Å². The maximum Gasteiger partial charge on any atom is 0.306 e. The monoisotopic (exact) mass is 865 g/mol. The third-order valence-corrected chi connectivity index (χ3v) is 11.3. The molecular weight excluding hydrogens is 765 g/mol. The summed E-state index contributed by atoms with van der Waals surface area (Å²) in [4.78, 5) is 25.4. The van der Waals surface area contributed by atoms with Crippen LogP contribution in [0.1, 0.15) is 252 Å². The molecule has 5 nitrogen and oxygen atoms in total. The van der Waals surface area contributed by atoms with Gasteiger partial charge in [-0.25, -0.2) is 0 Å². The Labute approximate surface area is 385 Å². The Morgan fingerprint density at radius 3 is 1.13 bits per heavy atom. The van der Waals surface area contributed by atoms with Crippen molar-refractivity contribution in [1.29, 1.82) is 0 Å². The lowest BCUT2D eigenvalue weighted by Crippen LogP contribution is -2.30. The van der Waals surface area contributed by atoms with Gasteiger partial charge in [0.15, 0.2) is 6.10 Å². The highest BCUT2D eigenvalue weighted by Gasteiger charge is 2.17. The molecule has 0 amide bonds. The van der Waals surface area contributed by atoms with E-state index in [-0.39, 0.29) is 25.2 Å². The lowest BCUT2D eigenvalue weighted by molar-refractivity contribution is -0.162. The quantitative estimate of drug-likeness (QED) is 0.0346. The van der Waals surface area contributed by atoms with Crippen LogP contribution >= 0.6 is 0 Å². The van der Waals surface area contributed by atoms with Crippen molar-refractivity contribution in [1.82, 2.24) is 0 Å². The molecule has 0 spiro atoms. The fraction of sp³-hybridized carbons (Fsp3) is 0.754. The van der Waals surface area contributed by atoms with Crippen LogP contribution in [0.15, 0.2) is 72.9 Å². The molecule has 1 atom stereocenters. The molecule has 62 heavy (non-hydrogen) atoms. The predicted molar refractivity (Wildman–Crippen MR) is 270 cm³/mol. The predicted octanol–water partition coefficient (Wildman–Crippen LogP) is 17.9. The fourth-order valence-electron chi connectivity index (χ4n) is 7.36. The second-order valence-corrected chi connectivity index (χ2v) is 17.4. The van der Waals surface area contributed by atoms with Crippen LogP contribution in [0, 0.1) is 0 Å². The topological polar surface area (TPSA) is 61.8 Å². The average Bonchev–Trinajstić information content (AvgIpc) is 3.27. The number of hydrogen-bond donors (Lipinski definition) is 0. The summed E-state index contributed by atoms with van der Waals surface area (Å²) in [6.45, 7) is 7.66. The third-order valence-electron chi connectivity index (χ3n) is 11.3. The van der Waals surface area contributed by atoms with Crippen LogP contribution in [0.3, 0.4) is 0 Å². The van der Waals surface area contributed by atoms with Crippen LogP contribution < -0.4 is 0 Å². The highest BCUT2D eigenvalue weighted by molar-refractivity contribution is 5.70. The van der Waals surface area contributed by atoms with Crippen molar-refractivity contribution in [3.05, 3.63) is 72.9 Å². The van der Waals surface area contributed by atoms with Crippen LogP contribution in [-0.2, 0) is 23.8 Å². The zero-order valence-electron chi connectivity index (χ0n) is 41.1. The molecule has 0 aliphatic heterocycles. The van der Waals surface area contributed by atoms with Gasteiger partial charge in [0.05, 0.1) is 6.61 Å². The Bertz CT molecular complexity index is 1110. The molecule has 0 N–H and O–H groups in total. The molecule has 0 bridgehead atoms. The smallest absolute Gasteiger partial charge is 0.306 e. The molecule has 0 rings (SSSR count). The SMILES string of the molecule is CC/C=C\C/C=C\C/C=C\C/C=C\C/C=C\C/C=C\CCC(=O)OCC(COCCCCCCCCCCCCCCCC)OC(=O)CCCCCCCCCCCCCCC. The summed E-state index contributed by atoms with van der Waals surface area (Å²) in [5.74, 6) is -0.485. The van der Waals surface area contributed by atoms with E-state index in [0.29, 0.717) is 25.9 Å². The summed E-state index contributed by atoms with van der Waals surface area (Å²) in [6.07, 6.45) is 67.8. The first-order chi connectivity index (χ1) is 30.6. The van der Waals surface area contributed by atoms with Crippen molar-refractivity contribution >= 4 is 11.9 Å². The molecule has 5 heteroatoms. The van der Waals surface area contributed by atoms with E-state index in [1.54, 1.807) is 0 Å². The van der Waals surface area contributed by atoms with E-state index in [0.717, 1.165) is 64.2 Å². The van der Waals surface area contributed by atoms with Gasteiger partial charge < -0.3 is 14.2 Å². The molecule has 0 heterocycles. The zero-order valence-corrected chi connectivity index (χ0v) is 41.1. The van der Waals surface area contributed by atoms with Crippen LogP contribution in [-0.4, -0.2) is 37.9 Å². The van der Waals surface area contributed by atoms with Crippen molar-refractivity contribution in [3.63, 3.8) is 0 Å². The Balaban J connectivity index is 4.36. The number of carbonyl (C=O) groups is 2. The minimum Gasteiger partial charge on any atom is -0.462 e. The minimum absolute atomic E-state index is 0.0473. The summed E-state index contributed by atoms with van der Waals surface area (Å²) in [7, 11) is 0. The van der Waals surface area contributed by atoms with Crippen molar-refractivity contribution in [3.8, 4) is 0 Å². The van der Waals surface area contributed by atoms with E-state index < -0.39 is 6.10 Å². The van der Waals surface area contributed by atoms with Crippen molar-refractivity contribution in [2.75, 3.05) is 19.8 Å². The number of hydrogen-bond acceptors (Lipinski definition) is 5. The molecule has 0 aromatic rings. The molecule has 0 saturated carbocycles. The number of esters is 2. The van der Waals surface area contributed by atoms with Crippen LogP contribution in [0.2, 0.25) is 0 Å². The van der Waals surface area contributed by atoms with Crippen LogP contribution in [0.5, 0.6) is 0 Å². The Hall–Kier alpha value is -2.66. The van der Waals surface area contributed by atoms with Crippen molar-refractivity contribution in [2.24, 2.45) is 0 Å². The molecule has 0 aliphatic rings. The molecule has 0 aromatic heterocycles. The van der Waals surface area contributed by atoms with Crippen molar-refractivity contribution in [2.45, 2.75) is 258 Å². The normalized spacial score (nSPS) is 12.8. The molecular formula is C57H100O5. The van der Waals surface area contributed by atoms with Crippen molar-refractivity contribution < 1.29 is 23.8 Å². The molecule has 0 saturated heterocycles. The number of ether oxygens (including phenoxy) is 3. The van der Waals surface area contributed by atoms with Gasteiger partial charge in [-0.3, -0.25) is 9.59 Å². The summed E-state index contributed by atoms with van der Waals surface area (Å²) < 4.78 is 17.3. The summed E-state index contributed by atoms with van der Waals surface area (Å²) >= 11 is 0. The molecule has 1 unspecified atom stereocenters. The first-order valence-corrected chi connectivity index (χ1v) is 26.5. The van der Waals surface area contributed by atoms with Gasteiger partial charge in [0, 0.05) is 19.4 Å². The third kappa shape index (κ3) is 50.0. The molecule has 0 radical (unpaired) electrons. The van der Waals surface area contributed by atoms with Gasteiger partial charge in [-0.1, -0.05) is 254 Å². The van der Waals surface area contributed by atoms with Gasteiger partial charge in [-0.05, 0) is 57.8 Å². The van der Waals surface area contributed by atoms with E-state index in [2.05, 4.69) is 87.6 Å². The zero-order chi connectivity index (χ0) is 44.9. The Morgan fingerprint density at radius 1 is 0.371 bits per heavy atom. The Kier molecular flexibility index (Phi) is 50.4. The summed E-state index contributed by atoms with van der Waals surface area (Å²) in [6, 6.07) is 0. The molecule has 0 aromatic carbocycles. The first-order valence-electron chi connectivity index (χ1n) is 26.5. The number of carbonyl (C=O) groups excluding carboxylic acids is 2. The molecule has 358 valence electrons. The minimum atomic E-state index is -0.564. The fourth-order valence-corrected chi connectivity index (χ4v) is 7.36. The summed E-state index contributed by atoms with van der Waals surface area (Å²) in [5.41, 5.74) is 0. The van der Waals surface area contributed by atoms with Gasteiger partial charge in [-0.2, -0.15) is 0 Å². The highest BCUT2D eigenvalue weighted by Crippen LogP contribution is 2.15. The van der Waals surface area contributed by atoms with Crippen LogP contribution in [0.25, 0.3) is 0 Å². The largest absolute Gasteiger partial charge is 0.462 e. The standard InChI is InChI=1S/C57H100O5/c1-4-7-10-13-16-19-22-25-27-28-29-30-31-33-35-38-41-44-47-50-56(58)61-54-55(53-60-52-49-46-43-40-37-34-26-23-20-17-14-11-8-5-2)62-57(59)51-48-45-42-39-36-32-24-21-18-15-12-9-6-3/h7,10,16,19,25,27,29-30,33,35,41,44,55H,4-6,8-9,11-15,17-18,20-24,26,28,31-32,34,36-40,42-43,45-54H2,1-3H3/b10-7-,19-16-,27-25-,30-29-,35-33-,44-41-. The molecule has 0 aliphatic carbocycles. The number of rotatable bonds is 48. The van der Waals surface area contributed by atoms with E-state index in [9.17, 15) is 9.59 Å². The van der Waals surface area contributed by atoms with E-state index in [1.807, 2.05) is 6.08 Å². The second kappa shape index (κ2) is 52.7. The van der Waals surface area contributed by atoms with E-state index >= 15 is 0 Å². The van der Waals surface area contributed by atoms with Gasteiger partial charge >= 0.3 is 11.9 Å². The lowest BCUT2D eigenvalue weighted by atomic mass is 10.0. The second-order valence-electron chi connectivity index (χ2n) is 17.4. The van der Waals surface area contributed by atoms with E-state index in [4.69, 9.17) is 14.2 Å².